The van der Waals surface area contributed by atoms with Crippen LogP contribution in [0.25, 0.3) is 0 Å². The molecule has 0 aromatic heterocycles. The fraction of sp³-hybridized carbons (Fsp3) is 0.611. The van der Waals surface area contributed by atoms with E-state index in [2.05, 4.69) is 16.9 Å². The molecule has 1 N–H and O–H groups in total. The van der Waals surface area contributed by atoms with Crippen LogP contribution >= 0.6 is 0 Å². The van der Waals surface area contributed by atoms with Crippen LogP contribution in [0.4, 0.5) is 4.79 Å². The number of likely N-dealkylation sites (tertiary alicyclic amines) is 1. The van der Waals surface area contributed by atoms with Gasteiger partial charge in [0.15, 0.2) is 0 Å². The van der Waals surface area contributed by atoms with Crippen molar-refractivity contribution in [2.24, 2.45) is 0 Å². The number of rotatable bonds is 5. The molecule has 1 heterocycles. The number of piperidine rings is 1. The Morgan fingerprint density at radius 3 is 2.72 bits per heavy atom. The zero-order chi connectivity index (χ0) is 18.0. The highest BCUT2D eigenvalue weighted by atomic mass is 32.2. The molecule has 6 nitrogen and oxygen atoms in total. The van der Waals surface area contributed by atoms with Gasteiger partial charge in [-0.05, 0) is 49.1 Å². The third kappa shape index (κ3) is 4.73. The van der Waals surface area contributed by atoms with Crippen molar-refractivity contribution < 1.29 is 17.9 Å². The second-order valence-corrected chi connectivity index (χ2v) is 8.87. The summed E-state index contributed by atoms with van der Waals surface area (Å²) in [6.07, 6.45) is 5.31. The normalized spacial score (nSPS) is 24.2. The lowest BCUT2D eigenvalue weighted by molar-refractivity contribution is 0.0792. The number of ether oxygens (including phenoxy) is 1. The second kappa shape index (κ2) is 7.33. The van der Waals surface area contributed by atoms with Gasteiger partial charge in [0.05, 0.1) is 19.4 Å². The summed E-state index contributed by atoms with van der Waals surface area (Å²) < 4.78 is 31.1. The molecule has 1 aromatic rings. The Morgan fingerprint density at radius 1 is 1.32 bits per heavy atom. The molecule has 1 saturated carbocycles. The lowest BCUT2D eigenvalue weighted by atomic mass is 9.91. The number of carbonyl (C=O) groups excluding carboxylic acids is 1. The molecule has 25 heavy (non-hydrogen) atoms. The van der Waals surface area contributed by atoms with Gasteiger partial charge in [-0.15, -0.1) is 0 Å². The fourth-order valence-electron chi connectivity index (χ4n) is 3.70. The van der Waals surface area contributed by atoms with Crippen molar-refractivity contribution in [1.29, 1.82) is 0 Å². The van der Waals surface area contributed by atoms with Gasteiger partial charge in [-0.25, -0.2) is 17.9 Å². The number of benzene rings is 1. The van der Waals surface area contributed by atoms with E-state index in [1.165, 1.54) is 25.5 Å². The number of carbonyl (C=O) groups is 1. The predicted octanol–water partition coefficient (Wildman–Crippen LogP) is 2.26. The Kier molecular flexibility index (Phi) is 5.34. The molecule has 3 rings (SSSR count). The highest BCUT2D eigenvalue weighted by molar-refractivity contribution is 7.88. The minimum atomic E-state index is -3.35. The van der Waals surface area contributed by atoms with Gasteiger partial charge in [-0.3, -0.25) is 0 Å². The third-order valence-corrected chi connectivity index (χ3v) is 5.73. The Hall–Kier alpha value is -1.60. The van der Waals surface area contributed by atoms with Gasteiger partial charge in [-0.2, -0.15) is 0 Å². The van der Waals surface area contributed by atoms with E-state index in [1.807, 2.05) is 12.1 Å². The molecule has 1 saturated heterocycles. The molecule has 2 atom stereocenters. The van der Waals surface area contributed by atoms with Gasteiger partial charge in [0.1, 0.15) is 0 Å². The highest BCUT2D eigenvalue weighted by Gasteiger charge is 2.36. The average molecular weight is 366 g/mol. The Bertz CT molecular complexity index is 730. The van der Waals surface area contributed by atoms with Crippen molar-refractivity contribution in [3.8, 4) is 0 Å². The average Bonchev–Trinajstić information content (AvgIpc) is 3.39. The molecule has 0 bridgehead atoms. The van der Waals surface area contributed by atoms with Crippen LogP contribution < -0.4 is 4.72 Å². The number of nitrogens with one attached hydrogen (secondary N) is 1. The molecule has 2 fully saturated rings. The van der Waals surface area contributed by atoms with Gasteiger partial charge in [0.25, 0.3) is 0 Å². The first-order valence-corrected chi connectivity index (χ1v) is 10.7. The van der Waals surface area contributed by atoms with Crippen molar-refractivity contribution in [3.63, 3.8) is 0 Å². The lowest BCUT2D eigenvalue weighted by Gasteiger charge is -2.40. The number of sulfonamides is 1. The van der Waals surface area contributed by atoms with Crippen LogP contribution in [-0.2, 0) is 21.2 Å². The van der Waals surface area contributed by atoms with Crippen LogP contribution in [0, 0.1) is 0 Å². The van der Waals surface area contributed by atoms with E-state index in [1.54, 1.807) is 4.90 Å². The van der Waals surface area contributed by atoms with Gasteiger partial charge in [-0.1, -0.05) is 24.3 Å². The fourth-order valence-corrected chi connectivity index (χ4v) is 4.52. The number of methoxy groups -OCH3 is 1. The monoisotopic (exact) mass is 366 g/mol. The summed E-state index contributed by atoms with van der Waals surface area (Å²) in [7, 11) is -1.98. The van der Waals surface area contributed by atoms with Gasteiger partial charge in [0.2, 0.25) is 10.0 Å². The zero-order valence-electron chi connectivity index (χ0n) is 14.8. The first kappa shape index (κ1) is 18.2. The van der Waals surface area contributed by atoms with E-state index >= 15 is 0 Å². The summed E-state index contributed by atoms with van der Waals surface area (Å²) in [5, 5.41) is 0. The molecular formula is C18H26N2O4S. The van der Waals surface area contributed by atoms with E-state index in [-0.39, 0.29) is 12.1 Å². The molecule has 0 unspecified atom stereocenters. The molecule has 7 heteroatoms. The summed E-state index contributed by atoms with van der Waals surface area (Å²) in [5.74, 6) is 0.660. The number of hydrogen-bond donors (Lipinski definition) is 1. The summed E-state index contributed by atoms with van der Waals surface area (Å²) >= 11 is 0. The largest absolute Gasteiger partial charge is 0.453 e. The zero-order valence-corrected chi connectivity index (χ0v) is 15.6. The smallest absolute Gasteiger partial charge is 0.409 e. The number of hydrogen-bond acceptors (Lipinski definition) is 4. The van der Waals surface area contributed by atoms with E-state index < -0.39 is 16.1 Å². The Balaban J connectivity index is 1.84. The van der Waals surface area contributed by atoms with Crippen molar-refractivity contribution in [3.05, 3.63) is 35.4 Å². The van der Waals surface area contributed by atoms with Crippen molar-refractivity contribution in [2.75, 3.05) is 19.9 Å². The van der Waals surface area contributed by atoms with Crippen LogP contribution in [0.3, 0.4) is 0 Å². The Morgan fingerprint density at radius 2 is 2.08 bits per heavy atom. The van der Waals surface area contributed by atoms with Crippen LogP contribution in [0.15, 0.2) is 24.3 Å². The molecule has 2 aliphatic rings. The SMILES string of the molecule is COC(=O)N1CCC[C@@H](NS(C)(=O)=O)[C@H]1Cc1cccc(C2CC2)c1. The van der Waals surface area contributed by atoms with E-state index in [0.717, 1.165) is 18.2 Å². The van der Waals surface area contributed by atoms with Crippen LogP contribution in [0.1, 0.15) is 42.7 Å². The van der Waals surface area contributed by atoms with Gasteiger partial charge in [0, 0.05) is 12.6 Å². The third-order valence-electron chi connectivity index (χ3n) is 5.00. The molecular weight excluding hydrogens is 340 g/mol. The van der Waals surface area contributed by atoms with Crippen LogP contribution in [-0.4, -0.2) is 51.4 Å². The maximum Gasteiger partial charge on any atom is 0.409 e. The minimum Gasteiger partial charge on any atom is -0.453 e. The molecule has 1 aromatic carbocycles. The summed E-state index contributed by atoms with van der Waals surface area (Å²) in [5.41, 5.74) is 2.47. The standard InChI is InChI=1S/C18H26N2O4S/c1-24-18(21)20-10-4-7-16(19-25(2,22)23)17(20)12-13-5-3-6-15(11-13)14-8-9-14/h3,5-6,11,14,16-17,19H,4,7-10,12H2,1-2H3/t16-,17-/m1/s1. The van der Waals surface area contributed by atoms with Gasteiger partial charge >= 0.3 is 6.09 Å². The molecule has 0 radical (unpaired) electrons. The van der Waals surface area contributed by atoms with E-state index in [9.17, 15) is 13.2 Å². The first-order chi connectivity index (χ1) is 11.9. The number of nitrogens with zero attached hydrogens (tertiary/aromatic N) is 1. The van der Waals surface area contributed by atoms with Crippen molar-refractivity contribution >= 4 is 16.1 Å². The lowest BCUT2D eigenvalue weighted by Crippen LogP contribution is -2.57. The molecule has 138 valence electrons. The predicted molar refractivity (Wildman–Crippen MR) is 96.0 cm³/mol. The maximum atomic E-state index is 12.2. The maximum absolute atomic E-state index is 12.2. The van der Waals surface area contributed by atoms with Crippen molar-refractivity contribution in [2.45, 2.75) is 50.1 Å². The highest BCUT2D eigenvalue weighted by Crippen LogP contribution is 2.40. The quantitative estimate of drug-likeness (QED) is 0.867. The van der Waals surface area contributed by atoms with E-state index in [0.29, 0.717) is 25.3 Å². The van der Waals surface area contributed by atoms with Crippen LogP contribution in [0.2, 0.25) is 0 Å². The minimum absolute atomic E-state index is 0.245. The molecule has 1 aliphatic heterocycles. The van der Waals surface area contributed by atoms with E-state index in [4.69, 9.17) is 4.74 Å². The summed E-state index contributed by atoms with van der Waals surface area (Å²) in [4.78, 5) is 13.9. The topological polar surface area (TPSA) is 75.7 Å². The number of amides is 1. The van der Waals surface area contributed by atoms with Gasteiger partial charge < -0.3 is 9.64 Å². The summed E-state index contributed by atoms with van der Waals surface area (Å²) in [6, 6.07) is 7.89. The second-order valence-electron chi connectivity index (χ2n) is 7.09. The molecule has 1 aliphatic carbocycles. The van der Waals surface area contributed by atoms with Crippen molar-refractivity contribution in [1.82, 2.24) is 9.62 Å². The Labute approximate surface area is 149 Å². The first-order valence-electron chi connectivity index (χ1n) is 8.78. The molecule has 0 spiro atoms. The van der Waals surface area contributed by atoms with Crippen LogP contribution in [0.5, 0.6) is 0 Å². The molecule has 1 amide bonds. The summed E-state index contributed by atoms with van der Waals surface area (Å²) in [6.45, 7) is 0.585.